The van der Waals surface area contributed by atoms with Crippen molar-refractivity contribution < 1.29 is 22.8 Å². The summed E-state index contributed by atoms with van der Waals surface area (Å²) in [7, 11) is 0. The van der Waals surface area contributed by atoms with E-state index in [1.54, 1.807) is 28.4 Å². The highest BCUT2D eigenvalue weighted by Gasteiger charge is 2.33. The molecule has 2 aromatic heterocycles. The number of hydrogen-bond acceptors (Lipinski definition) is 8. The Morgan fingerprint density at radius 3 is 2.49 bits per heavy atom. The fourth-order valence-electron chi connectivity index (χ4n) is 4.30. The van der Waals surface area contributed by atoms with Crippen LogP contribution in [0.4, 0.5) is 13.2 Å². The molecule has 1 saturated heterocycles. The van der Waals surface area contributed by atoms with E-state index in [0.29, 0.717) is 45.9 Å². The smallest absolute Gasteiger partial charge is 0.387 e. The minimum absolute atomic E-state index is 0.0781. The molecule has 5 rings (SSSR count). The second kappa shape index (κ2) is 11.8. The monoisotopic (exact) mass is 635 g/mol. The van der Waals surface area contributed by atoms with Gasteiger partial charge < -0.3 is 9.74 Å². The highest BCUT2D eigenvalue weighted by Crippen LogP contribution is 2.40. The summed E-state index contributed by atoms with van der Waals surface area (Å²) in [6.45, 7) is 1.13. The van der Waals surface area contributed by atoms with Gasteiger partial charge in [0.15, 0.2) is 11.8 Å². The molecule has 1 fully saturated rings. The van der Waals surface area contributed by atoms with Gasteiger partial charge in [0, 0.05) is 41.4 Å². The Kier molecular flexibility index (Phi) is 8.58. The van der Waals surface area contributed by atoms with E-state index in [-0.39, 0.29) is 22.6 Å². The van der Waals surface area contributed by atoms with E-state index < -0.39 is 18.0 Å². The first kappa shape index (κ1) is 28.4. The summed E-state index contributed by atoms with van der Waals surface area (Å²) in [5.74, 6) is 0.192. The number of likely N-dealkylation sites (tertiary alicyclic amines) is 1. The number of amides is 1. The van der Waals surface area contributed by atoms with Gasteiger partial charge in [0.25, 0.3) is 0 Å². The molecule has 4 heterocycles. The number of halogens is 6. The van der Waals surface area contributed by atoms with Crippen LogP contribution in [-0.2, 0) is 15.8 Å². The zero-order valence-electron chi connectivity index (χ0n) is 19.9. The lowest BCUT2D eigenvalue weighted by molar-refractivity contribution is -0.141. The number of alkyl halides is 3. The molecule has 15 heteroatoms. The van der Waals surface area contributed by atoms with Gasteiger partial charge in [0.05, 0.1) is 26.5 Å². The third-order valence-electron chi connectivity index (χ3n) is 6.32. The lowest BCUT2D eigenvalue weighted by Crippen LogP contribution is -2.38. The van der Waals surface area contributed by atoms with Gasteiger partial charge in [0.2, 0.25) is 5.91 Å². The van der Waals surface area contributed by atoms with Crippen molar-refractivity contribution in [3.05, 3.63) is 66.7 Å². The highest BCUT2D eigenvalue weighted by atomic mass is 35.5. The fraction of sp³-hybridized carbons (Fsp3) is 0.375. The number of piperidine rings is 1. The van der Waals surface area contributed by atoms with Crippen molar-refractivity contribution in [2.24, 2.45) is 5.16 Å². The van der Waals surface area contributed by atoms with Crippen LogP contribution in [0.2, 0.25) is 15.1 Å². The van der Waals surface area contributed by atoms with Gasteiger partial charge in [-0.1, -0.05) is 51.7 Å². The van der Waals surface area contributed by atoms with E-state index in [4.69, 9.17) is 44.6 Å². The molecule has 0 aliphatic carbocycles. The Hall–Kier alpha value is -2.12. The molecular formula is C24H19Cl3F3N5O2S2. The van der Waals surface area contributed by atoms with Crippen LogP contribution in [-0.4, -0.2) is 50.5 Å². The summed E-state index contributed by atoms with van der Waals surface area (Å²) in [6.07, 6.45) is -2.99. The predicted octanol–water partition coefficient (Wildman–Crippen LogP) is 7.28. The van der Waals surface area contributed by atoms with Crippen LogP contribution in [0.1, 0.15) is 53.2 Å². The van der Waals surface area contributed by atoms with Gasteiger partial charge in [0.1, 0.15) is 10.7 Å². The van der Waals surface area contributed by atoms with Gasteiger partial charge in [-0.25, -0.2) is 4.98 Å². The minimum Gasteiger partial charge on any atom is -0.387 e. The van der Waals surface area contributed by atoms with Crippen LogP contribution in [0.15, 0.2) is 39.8 Å². The fourth-order valence-corrected chi connectivity index (χ4v) is 7.08. The van der Waals surface area contributed by atoms with Crippen molar-refractivity contribution in [1.82, 2.24) is 20.1 Å². The quantitative estimate of drug-likeness (QED) is 0.265. The Morgan fingerprint density at radius 2 is 1.85 bits per heavy atom. The van der Waals surface area contributed by atoms with Crippen molar-refractivity contribution >= 4 is 69.5 Å². The molecule has 1 aromatic carbocycles. The maximum Gasteiger partial charge on any atom is 0.435 e. The highest BCUT2D eigenvalue weighted by molar-refractivity contribution is 7.99. The SMILES string of the molecule is O=C(CSc1ccc(C(F)(F)F)nn1)N1CCC(c2nc(C3=NOC(c4c(Cl)cc(Cl)cc4Cl)C3)cs2)CC1. The summed E-state index contributed by atoms with van der Waals surface area (Å²) in [5.41, 5.74) is 1.03. The standard InChI is InChI=1S/C24H19Cl3F3N5O2S2/c25-13-7-14(26)22(15(27)8-13)18-9-16(34-37-18)17-10-39-23(31-17)12-3-5-35(6-4-12)21(36)11-38-20-2-1-19(32-33-20)24(28,29)30/h1-2,7-8,10,12,18H,3-6,9,11H2. The number of oxime groups is 1. The lowest BCUT2D eigenvalue weighted by Gasteiger charge is -2.31. The Balaban J connectivity index is 1.12. The first-order valence-electron chi connectivity index (χ1n) is 11.7. The molecule has 0 saturated carbocycles. The number of aromatic nitrogens is 3. The molecule has 0 spiro atoms. The summed E-state index contributed by atoms with van der Waals surface area (Å²) in [6, 6.07) is 5.32. The number of thioether (sulfide) groups is 1. The molecule has 0 N–H and O–H groups in total. The van der Waals surface area contributed by atoms with E-state index in [2.05, 4.69) is 15.4 Å². The molecule has 39 heavy (non-hydrogen) atoms. The lowest BCUT2D eigenvalue weighted by atomic mass is 9.97. The second-order valence-corrected chi connectivity index (χ2v) is 12.0. The topological polar surface area (TPSA) is 80.6 Å². The molecule has 206 valence electrons. The molecule has 3 aromatic rings. The zero-order chi connectivity index (χ0) is 27.7. The van der Waals surface area contributed by atoms with E-state index in [9.17, 15) is 18.0 Å². The Bertz CT molecular complexity index is 1370. The maximum atomic E-state index is 12.6. The number of rotatable bonds is 6. The van der Waals surface area contributed by atoms with Crippen molar-refractivity contribution in [1.29, 1.82) is 0 Å². The minimum atomic E-state index is -4.55. The zero-order valence-corrected chi connectivity index (χ0v) is 23.8. The molecule has 0 bridgehead atoms. The number of nitrogens with zero attached hydrogens (tertiary/aromatic N) is 5. The van der Waals surface area contributed by atoms with E-state index in [0.717, 1.165) is 41.4 Å². The van der Waals surface area contributed by atoms with Gasteiger partial charge in [-0.2, -0.15) is 13.2 Å². The Labute approximate surface area is 244 Å². The van der Waals surface area contributed by atoms with Gasteiger partial charge >= 0.3 is 6.18 Å². The second-order valence-electron chi connectivity index (χ2n) is 8.89. The summed E-state index contributed by atoms with van der Waals surface area (Å²) >= 11 is 21.3. The molecular weight excluding hydrogens is 618 g/mol. The normalized spacial score (nSPS) is 18.3. The van der Waals surface area contributed by atoms with Gasteiger partial charge in [-0.3, -0.25) is 4.79 Å². The van der Waals surface area contributed by atoms with E-state index >= 15 is 0 Å². The molecule has 1 atom stereocenters. The van der Waals surface area contributed by atoms with Crippen LogP contribution >= 0.6 is 57.9 Å². The van der Waals surface area contributed by atoms with E-state index in [1.165, 1.54) is 6.07 Å². The molecule has 7 nitrogen and oxygen atoms in total. The number of carbonyl (C=O) groups is 1. The average molecular weight is 637 g/mol. The summed E-state index contributed by atoms with van der Waals surface area (Å²) in [5, 5.41) is 15.4. The van der Waals surface area contributed by atoms with Crippen molar-refractivity contribution in [2.75, 3.05) is 18.8 Å². The molecule has 1 unspecified atom stereocenters. The number of carbonyl (C=O) groups excluding carboxylic acids is 1. The van der Waals surface area contributed by atoms with Crippen LogP contribution in [0.25, 0.3) is 0 Å². The first-order chi connectivity index (χ1) is 18.6. The summed E-state index contributed by atoms with van der Waals surface area (Å²) < 4.78 is 37.9. The van der Waals surface area contributed by atoms with Gasteiger partial charge in [-0.05, 0) is 37.1 Å². The predicted molar refractivity (Wildman–Crippen MR) is 145 cm³/mol. The third kappa shape index (κ3) is 6.62. The van der Waals surface area contributed by atoms with Crippen molar-refractivity contribution in [3.63, 3.8) is 0 Å². The average Bonchev–Trinajstić information content (AvgIpc) is 3.57. The molecule has 2 aliphatic heterocycles. The van der Waals surface area contributed by atoms with Crippen LogP contribution in [0, 0.1) is 0 Å². The number of benzene rings is 1. The molecule has 0 radical (unpaired) electrons. The molecule has 1 amide bonds. The van der Waals surface area contributed by atoms with Crippen LogP contribution < -0.4 is 0 Å². The van der Waals surface area contributed by atoms with Crippen LogP contribution in [0.5, 0.6) is 0 Å². The molecule has 2 aliphatic rings. The Morgan fingerprint density at radius 1 is 1.13 bits per heavy atom. The van der Waals surface area contributed by atoms with Crippen LogP contribution in [0.3, 0.4) is 0 Å². The number of thiazole rings is 1. The third-order valence-corrected chi connectivity index (χ3v) is 9.08. The van der Waals surface area contributed by atoms with Crippen molar-refractivity contribution in [3.8, 4) is 0 Å². The maximum absolute atomic E-state index is 12.6. The largest absolute Gasteiger partial charge is 0.435 e. The van der Waals surface area contributed by atoms with Crippen molar-refractivity contribution in [2.45, 2.75) is 42.5 Å². The number of hydrogen-bond donors (Lipinski definition) is 0. The summed E-state index contributed by atoms with van der Waals surface area (Å²) in [4.78, 5) is 24.8. The first-order valence-corrected chi connectivity index (χ1v) is 14.7. The van der Waals surface area contributed by atoms with E-state index in [1.807, 2.05) is 5.38 Å². The van der Waals surface area contributed by atoms with Gasteiger partial charge in [-0.15, -0.1) is 21.5 Å².